The molecule has 172 valence electrons. The Morgan fingerprint density at radius 2 is 1.72 bits per heavy atom. The fourth-order valence-corrected chi connectivity index (χ4v) is 4.12. The molecule has 0 spiro atoms. The number of ketones is 1. The van der Waals surface area contributed by atoms with Gasteiger partial charge in [-0.3, -0.25) is 9.59 Å². The maximum absolute atomic E-state index is 11.8. The van der Waals surface area contributed by atoms with Crippen molar-refractivity contribution >= 4 is 11.8 Å². The van der Waals surface area contributed by atoms with E-state index in [9.17, 15) is 14.7 Å². The number of hydrogen-bond acceptors (Lipinski definition) is 6. The maximum atomic E-state index is 11.8. The summed E-state index contributed by atoms with van der Waals surface area (Å²) in [4.78, 5) is 23.2. The number of carbonyl (C=O) groups is 2. The normalized spacial score (nSPS) is 18.1. The molecule has 32 heavy (non-hydrogen) atoms. The van der Waals surface area contributed by atoms with E-state index in [0.29, 0.717) is 23.3 Å². The number of aromatic hydroxyl groups is 1. The highest BCUT2D eigenvalue weighted by Gasteiger charge is 2.26. The van der Waals surface area contributed by atoms with E-state index in [-0.39, 0.29) is 36.1 Å². The van der Waals surface area contributed by atoms with Crippen LogP contribution in [-0.4, -0.2) is 36.2 Å². The van der Waals surface area contributed by atoms with Crippen molar-refractivity contribution in [1.29, 1.82) is 0 Å². The molecule has 0 saturated heterocycles. The van der Waals surface area contributed by atoms with E-state index in [0.717, 1.165) is 43.4 Å². The number of methoxy groups -OCH3 is 1. The molecule has 0 bridgehead atoms. The molecule has 1 fully saturated rings. The van der Waals surface area contributed by atoms with Gasteiger partial charge in [-0.1, -0.05) is 25.5 Å². The number of hydrogen-bond donors (Lipinski definition) is 1. The van der Waals surface area contributed by atoms with Crippen LogP contribution in [0.4, 0.5) is 0 Å². The zero-order chi connectivity index (χ0) is 23.1. The first kappa shape index (κ1) is 23.6. The highest BCUT2D eigenvalue weighted by molar-refractivity contribution is 5.97. The van der Waals surface area contributed by atoms with Gasteiger partial charge in [0.2, 0.25) is 0 Å². The summed E-state index contributed by atoms with van der Waals surface area (Å²) in [5.41, 5.74) is 1.91. The van der Waals surface area contributed by atoms with Gasteiger partial charge < -0.3 is 19.3 Å². The standard InChI is InChI=1S/C26H32O6/c1-4-6-23-24(14-13-22(17(2)27)26(23)29)32-21-8-5-7-20(16-21)31-19-11-9-18(10-12-19)15-25(28)30-3/h9-14,20-21,29H,4-8,15-16H2,1-3H3/t20-,21-/m1/s1. The fourth-order valence-electron chi connectivity index (χ4n) is 4.12. The van der Waals surface area contributed by atoms with Gasteiger partial charge in [-0.2, -0.15) is 0 Å². The van der Waals surface area contributed by atoms with Crippen LogP contribution in [0.1, 0.15) is 67.4 Å². The smallest absolute Gasteiger partial charge is 0.309 e. The summed E-state index contributed by atoms with van der Waals surface area (Å²) in [6, 6.07) is 10.9. The predicted octanol–water partition coefficient (Wildman–Crippen LogP) is 5.03. The third-order valence-electron chi connectivity index (χ3n) is 5.79. The summed E-state index contributed by atoms with van der Waals surface area (Å²) in [6.07, 6.45) is 5.32. The Morgan fingerprint density at radius 3 is 2.34 bits per heavy atom. The Balaban J connectivity index is 1.64. The molecule has 0 radical (unpaired) electrons. The molecular formula is C26H32O6. The largest absolute Gasteiger partial charge is 0.507 e. The van der Waals surface area contributed by atoms with Gasteiger partial charge in [-0.05, 0) is 62.4 Å². The summed E-state index contributed by atoms with van der Waals surface area (Å²) in [5.74, 6) is 1.02. The minimum Gasteiger partial charge on any atom is -0.507 e. The molecule has 0 heterocycles. The van der Waals surface area contributed by atoms with Crippen molar-refractivity contribution < 1.29 is 28.9 Å². The monoisotopic (exact) mass is 440 g/mol. The second kappa shape index (κ2) is 11.0. The molecule has 0 aromatic heterocycles. The van der Waals surface area contributed by atoms with E-state index in [1.807, 2.05) is 31.2 Å². The number of phenols is 1. The van der Waals surface area contributed by atoms with Crippen molar-refractivity contribution in [2.75, 3.05) is 7.11 Å². The Bertz CT molecular complexity index is 934. The SMILES string of the molecule is CCCc1c(O[C@@H]2CCC[C@@H](Oc3ccc(CC(=O)OC)cc3)C2)ccc(C(C)=O)c1O. The Kier molecular flexibility index (Phi) is 8.14. The zero-order valence-electron chi connectivity index (χ0n) is 19.1. The summed E-state index contributed by atoms with van der Waals surface area (Å²) in [5, 5.41) is 10.6. The van der Waals surface area contributed by atoms with E-state index >= 15 is 0 Å². The van der Waals surface area contributed by atoms with Crippen molar-refractivity contribution in [3.63, 3.8) is 0 Å². The van der Waals surface area contributed by atoms with E-state index in [4.69, 9.17) is 14.2 Å². The van der Waals surface area contributed by atoms with Crippen LogP contribution >= 0.6 is 0 Å². The summed E-state index contributed by atoms with van der Waals surface area (Å²) >= 11 is 0. The lowest BCUT2D eigenvalue weighted by atomic mass is 9.94. The summed E-state index contributed by atoms with van der Waals surface area (Å²) in [6.45, 7) is 3.49. The summed E-state index contributed by atoms with van der Waals surface area (Å²) < 4.78 is 17.2. The first-order valence-corrected chi connectivity index (χ1v) is 11.3. The van der Waals surface area contributed by atoms with E-state index in [1.54, 1.807) is 12.1 Å². The van der Waals surface area contributed by atoms with Gasteiger partial charge in [0.25, 0.3) is 0 Å². The molecule has 0 unspecified atom stereocenters. The third kappa shape index (κ3) is 6.02. The van der Waals surface area contributed by atoms with Gasteiger partial charge in [0, 0.05) is 12.0 Å². The highest BCUT2D eigenvalue weighted by atomic mass is 16.5. The van der Waals surface area contributed by atoms with Crippen LogP contribution in [0.5, 0.6) is 17.2 Å². The van der Waals surface area contributed by atoms with Crippen molar-refractivity contribution in [3.8, 4) is 17.2 Å². The summed E-state index contributed by atoms with van der Waals surface area (Å²) in [7, 11) is 1.38. The minimum atomic E-state index is -0.268. The van der Waals surface area contributed by atoms with Gasteiger partial charge >= 0.3 is 5.97 Å². The number of ether oxygens (including phenoxy) is 3. The first-order chi connectivity index (χ1) is 15.4. The Hall–Kier alpha value is -3.02. The molecular weight excluding hydrogens is 408 g/mol. The van der Waals surface area contributed by atoms with Crippen LogP contribution in [0.25, 0.3) is 0 Å². The molecule has 1 aliphatic carbocycles. The molecule has 0 aliphatic heterocycles. The van der Waals surface area contributed by atoms with Crippen LogP contribution in [0, 0.1) is 0 Å². The van der Waals surface area contributed by atoms with Crippen molar-refractivity contribution in [2.24, 2.45) is 0 Å². The molecule has 2 aromatic carbocycles. The van der Waals surface area contributed by atoms with Crippen LogP contribution in [0.3, 0.4) is 0 Å². The minimum absolute atomic E-state index is 0.0227. The van der Waals surface area contributed by atoms with E-state index in [2.05, 4.69) is 0 Å². The average molecular weight is 441 g/mol. The molecule has 0 amide bonds. The molecule has 1 N–H and O–H groups in total. The van der Waals surface area contributed by atoms with Crippen LogP contribution < -0.4 is 9.47 Å². The number of Topliss-reactive ketones (excluding diaryl/α,β-unsaturated/α-hetero) is 1. The highest BCUT2D eigenvalue weighted by Crippen LogP contribution is 2.35. The molecule has 6 nitrogen and oxygen atoms in total. The fraction of sp³-hybridized carbons (Fsp3) is 0.462. The van der Waals surface area contributed by atoms with Crippen molar-refractivity contribution in [1.82, 2.24) is 0 Å². The molecule has 2 aromatic rings. The van der Waals surface area contributed by atoms with Gasteiger partial charge in [-0.15, -0.1) is 0 Å². The van der Waals surface area contributed by atoms with Crippen molar-refractivity contribution in [2.45, 2.75) is 71.0 Å². The molecule has 3 rings (SSSR count). The zero-order valence-corrected chi connectivity index (χ0v) is 19.1. The van der Waals surface area contributed by atoms with Gasteiger partial charge in [-0.25, -0.2) is 0 Å². The number of phenolic OH excluding ortho intramolecular Hbond substituents is 1. The molecule has 2 atom stereocenters. The van der Waals surface area contributed by atoms with Gasteiger partial charge in [0.15, 0.2) is 5.78 Å². The van der Waals surface area contributed by atoms with Gasteiger partial charge in [0.1, 0.15) is 29.5 Å². The molecule has 6 heteroatoms. The lowest BCUT2D eigenvalue weighted by Crippen LogP contribution is -2.32. The van der Waals surface area contributed by atoms with Crippen molar-refractivity contribution in [3.05, 3.63) is 53.1 Å². The quantitative estimate of drug-likeness (QED) is 0.435. The van der Waals surface area contributed by atoms with Gasteiger partial charge in [0.05, 0.1) is 19.1 Å². The average Bonchev–Trinajstić information content (AvgIpc) is 2.77. The molecule has 1 saturated carbocycles. The third-order valence-corrected chi connectivity index (χ3v) is 5.79. The van der Waals surface area contributed by atoms with Crippen LogP contribution in [0.15, 0.2) is 36.4 Å². The number of esters is 1. The van der Waals surface area contributed by atoms with Crippen LogP contribution in [0.2, 0.25) is 0 Å². The Morgan fingerprint density at radius 1 is 1.03 bits per heavy atom. The topological polar surface area (TPSA) is 82.1 Å². The van der Waals surface area contributed by atoms with E-state index < -0.39 is 0 Å². The second-order valence-corrected chi connectivity index (χ2v) is 8.29. The lowest BCUT2D eigenvalue weighted by molar-refractivity contribution is -0.139. The maximum Gasteiger partial charge on any atom is 0.309 e. The number of benzene rings is 2. The van der Waals surface area contributed by atoms with E-state index in [1.165, 1.54) is 14.0 Å². The predicted molar refractivity (Wildman–Crippen MR) is 122 cm³/mol. The second-order valence-electron chi connectivity index (χ2n) is 8.29. The number of rotatable bonds is 9. The lowest BCUT2D eigenvalue weighted by Gasteiger charge is -2.31. The first-order valence-electron chi connectivity index (χ1n) is 11.3. The Labute approximate surface area is 189 Å². The molecule has 1 aliphatic rings. The number of carbonyl (C=O) groups excluding carboxylic acids is 2. The van der Waals surface area contributed by atoms with Crippen LogP contribution in [-0.2, 0) is 22.4 Å².